The molecule has 3 aliphatic heterocycles. The molecule has 2 saturated heterocycles. The summed E-state index contributed by atoms with van der Waals surface area (Å²) in [6, 6.07) is 0.0432. The number of fused-ring (bicyclic) bond motifs is 1. The number of carboxylic acid groups (broad SMARTS) is 1. The number of carboxylic acids is 1. The molecule has 3 rings (SSSR count). The van der Waals surface area contributed by atoms with Crippen LogP contribution in [0.1, 0.15) is 13.3 Å². The van der Waals surface area contributed by atoms with Crippen molar-refractivity contribution in [1.82, 2.24) is 10.2 Å². The van der Waals surface area contributed by atoms with Crippen molar-refractivity contribution in [1.29, 1.82) is 0 Å². The van der Waals surface area contributed by atoms with Crippen molar-refractivity contribution in [2.24, 2.45) is 5.92 Å². The molecule has 0 aromatic heterocycles. The number of nitrogens with zero attached hydrogens (tertiary/aromatic N) is 1. The van der Waals surface area contributed by atoms with Gasteiger partial charge in [0.15, 0.2) is 5.70 Å². The number of rotatable bonds is 5. The molecule has 3 aliphatic rings. The summed E-state index contributed by atoms with van der Waals surface area (Å²) in [4.78, 5) is 24.9. The van der Waals surface area contributed by atoms with Crippen LogP contribution in [-0.2, 0) is 9.59 Å². The smallest absolute Gasteiger partial charge is 0.354 e. The molecule has 0 bridgehead atoms. The number of β-lactam (4-membered cyclic amide) rings is 1. The van der Waals surface area contributed by atoms with Crippen molar-refractivity contribution < 1.29 is 24.9 Å². The standard InChI is InChI=1S/C13H18N2O5S2/c1-5(17)8-10(18)15-9(12(19)20)13(22-11(8)15)21-7-2-6(4-16)14-3-7/h5-8,11,14,16-17H,2-4H2,1H3,(H,19,20)/t5-,6-,7-,8+,11+/m0/s1. The Kier molecular flexibility index (Phi) is 4.43. The van der Waals surface area contributed by atoms with Crippen LogP contribution in [0.25, 0.3) is 0 Å². The van der Waals surface area contributed by atoms with Gasteiger partial charge in [-0.25, -0.2) is 4.79 Å². The molecule has 0 aromatic rings. The molecule has 0 aliphatic carbocycles. The van der Waals surface area contributed by atoms with E-state index in [0.29, 0.717) is 10.8 Å². The summed E-state index contributed by atoms with van der Waals surface area (Å²) in [5.41, 5.74) is 0.0364. The van der Waals surface area contributed by atoms with Crippen LogP contribution in [0.2, 0.25) is 0 Å². The van der Waals surface area contributed by atoms with Gasteiger partial charge in [-0.15, -0.1) is 11.8 Å². The van der Waals surface area contributed by atoms with Crippen molar-refractivity contribution >= 4 is 35.4 Å². The molecule has 7 nitrogen and oxygen atoms in total. The molecule has 0 saturated carbocycles. The largest absolute Gasteiger partial charge is 0.477 e. The van der Waals surface area contributed by atoms with E-state index < -0.39 is 18.0 Å². The molecule has 2 fully saturated rings. The fraction of sp³-hybridized carbons (Fsp3) is 0.692. The maximum Gasteiger partial charge on any atom is 0.354 e. The van der Waals surface area contributed by atoms with Gasteiger partial charge in [0.1, 0.15) is 5.37 Å². The van der Waals surface area contributed by atoms with Crippen LogP contribution in [0, 0.1) is 5.92 Å². The average Bonchev–Trinajstić information content (AvgIpc) is 3.01. The highest BCUT2D eigenvalue weighted by atomic mass is 32.2. The summed E-state index contributed by atoms with van der Waals surface area (Å²) in [6.07, 6.45) is -0.0242. The fourth-order valence-corrected chi connectivity index (χ4v) is 6.35. The number of carbonyl (C=O) groups is 2. The van der Waals surface area contributed by atoms with E-state index in [1.807, 2.05) is 0 Å². The number of hydrogen-bond acceptors (Lipinski definition) is 7. The first-order chi connectivity index (χ1) is 10.4. The Labute approximate surface area is 136 Å². The Morgan fingerprint density at radius 1 is 1.59 bits per heavy atom. The summed E-state index contributed by atoms with van der Waals surface area (Å²) in [5, 5.41) is 31.3. The third kappa shape index (κ3) is 2.54. The molecular weight excluding hydrogens is 328 g/mol. The maximum absolute atomic E-state index is 12.1. The zero-order valence-corrected chi connectivity index (χ0v) is 13.6. The Balaban J connectivity index is 1.76. The molecule has 1 amide bonds. The number of carbonyl (C=O) groups excluding carboxylic acids is 1. The Hall–Kier alpha value is -0.740. The van der Waals surface area contributed by atoms with E-state index in [1.54, 1.807) is 6.92 Å². The second kappa shape index (κ2) is 6.04. The minimum absolute atomic E-state index is 0.0364. The Morgan fingerprint density at radius 2 is 2.32 bits per heavy atom. The zero-order chi connectivity index (χ0) is 16.0. The maximum atomic E-state index is 12.1. The van der Waals surface area contributed by atoms with E-state index >= 15 is 0 Å². The molecule has 4 N–H and O–H groups in total. The number of aliphatic hydroxyl groups is 2. The van der Waals surface area contributed by atoms with Gasteiger partial charge in [0.25, 0.3) is 0 Å². The van der Waals surface area contributed by atoms with Crippen LogP contribution < -0.4 is 5.32 Å². The summed E-state index contributed by atoms with van der Waals surface area (Å²) >= 11 is 2.80. The fourth-order valence-electron chi connectivity index (χ4n) is 2.99. The second-order valence-electron chi connectivity index (χ2n) is 5.69. The highest BCUT2D eigenvalue weighted by molar-refractivity contribution is 8.23. The highest BCUT2D eigenvalue weighted by Crippen LogP contribution is 2.54. The summed E-state index contributed by atoms with van der Waals surface area (Å²) < 4.78 is 0.624. The lowest BCUT2D eigenvalue weighted by Crippen LogP contribution is -2.60. The number of aliphatic carboxylic acids is 1. The van der Waals surface area contributed by atoms with Crippen LogP contribution in [0.15, 0.2) is 9.93 Å². The van der Waals surface area contributed by atoms with E-state index in [1.165, 1.54) is 28.4 Å². The van der Waals surface area contributed by atoms with Gasteiger partial charge in [0.2, 0.25) is 5.91 Å². The lowest BCUT2D eigenvalue weighted by atomic mass is 9.92. The van der Waals surface area contributed by atoms with Gasteiger partial charge >= 0.3 is 5.97 Å². The normalized spacial score (nSPS) is 35.6. The van der Waals surface area contributed by atoms with Gasteiger partial charge in [-0.3, -0.25) is 9.69 Å². The van der Waals surface area contributed by atoms with Crippen molar-refractivity contribution in [3.63, 3.8) is 0 Å². The lowest BCUT2D eigenvalue weighted by molar-refractivity contribution is -0.156. The molecule has 9 heteroatoms. The van der Waals surface area contributed by atoms with E-state index in [4.69, 9.17) is 5.11 Å². The number of thioether (sulfide) groups is 2. The predicted molar refractivity (Wildman–Crippen MR) is 82.9 cm³/mol. The van der Waals surface area contributed by atoms with E-state index in [-0.39, 0.29) is 34.9 Å². The molecular formula is C13H18N2O5S2. The number of nitrogens with one attached hydrogen (secondary N) is 1. The SMILES string of the molecule is C[C@H](O)[C@@H]1C(=O)N2C(C(=O)O)=C(S[C@@H]3CN[C@H](CO)C3)S[C@H]12. The molecule has 0 spiro atoms. The molecule has 22 heavy (non-hydrogen) atoms. The summed E-state index contributed by atoms with van der Waals surface area (Å²) in [6.45, 7) is 2.32. The van der Waals surface area contributed by atoms with E-state index in [2.05, 4.69) is 5.32 Å². The van der Waals surface area contributed by atoms with Crippen LogP contribution in [0.5, 0.6) is 0 Å². The first kappa shape index (κ1) is 16.1. The van der Waals surface area contributed by atoms with Crippen LogP contribution in [0.3, 0.4) is 0 Å². The topological polar surface area (TPSA) is 110 Å². The van der Waals surface area contributed by atoms with Gasteiger partial charge in [-0.05, 0) is 13.3 Å². The predicted octanol–water partition coefficient (Wildman–Crippen LogP) is -0.392. The van der Waals surface area contributed by atoms with Crippen molar-refractivity contribution in [3.8, 4) is 0 Å². The van der Waals surface area contributed by atoms with E-state index in [0.717, 1.165) is 6.42 Å². The summed E-state index contributed by atoms with van der Waals surface area (Å²) in [7, 11) is 0. The van der Waals surface area contributed by atoms with Gasteiger partial charge in [-0.1, -0.05) is 11.8 Å². The minimum atomic E-state index is -1.11. The van der Waals surface area contributed by atoms with Gasteiger partial charge < -0.3 is 20.6 Å². The second-order valence-corrected chi connectivity index (χ2v) is 8.38. The number of hydrogen-bond donors (Lipinski definition) is 4. The van der Waals surface area contributed by atoms with Crippen LogP contribution >= 0.6 is 23.5 Å². The van der Waals surface area contributed by atoms with Crippen molar-refractivity contribution in [3.05, 3.63) is 9.93 Å². The molecule has 122 valence electrons. The van der Waals surface area contributed by atoms with Crippen LogP contribution in [-0.4, -0.2) is 68.0 Å². The monoisotopic (exact) mass is 346 g/mol. The Morgan fingerprint density at radius 3 is 2.86 bits per heavy atom. The van der Waals surface area contributed by atoms with Gasteiger partial charge in [-0.2, -0.15) is 0 Å². The van der Waals surface area contributed by atoms with Crippen LogP contribution in [0.4, 0.5) is 0 Å². The molecule has 5 atom stereocenters. The number of amides is 1. The molecule has 3 heterocycles. The van der Waals surface area contributed by atoms with E-state index in [9.17, 15) is 19.8 Å². The lowest BCUT2D eigenvalue weighted by Gasteiger charge is -2.43. The quantitative estimate of drug-likeness (QED) is 0.498. The molecule has 0 radical (unpaired) electrons. The molecule has 0 aromatic carbocycles. The van der Waals surface area contributed by atoms with Gasteiger partial charge in [0.05, 0.1) is 22.9 Å². The highest BCUT2D eigenvalue weighted by Gasteiger charge is 2.58. The zero-order valence-electron chi connectivity index (χ0n) is 11.9. The average molecular weight is 346 g/mol. The number of aliphatic hydroxyl groups excluding tert-OH is 2. The third-order valence-electron chi connectivity index (χ3n) is 4.14. The minimum Gasteiger partial charge on any atom is -0.477 e. The van der Waals surface area contributed by atoms with Crippen molar-refractivity contribution in [2.45, 2.75) is 36.1 Å². The Bertz CT molecular complexity index is 539. The summed E-state index contributed by atoms with van der Waals surface area (Å²) in [5.74, 6) is -1.97. The van der Waals surface area contributed by atoms with Gasteiger partial charge in [0, 0.05) is 17.8 Å². The third-order valence-corrected chi connectivity index (χ3v) is 6.97. The molecule has 0 unspecified atom stereocenters. The first-order valence-electron chi connectivity index (χ1n) is 7.10. The van der Waals surface area contributed by atoms with Crippen molar-refractivity contribution in [2.75, 3.05) is 13.2 Å². The first-order valence-corrected chi connectivity index (χ1v) is 8.86.